The summed E-state index contributed by atoms with van der Waals surface area (Å²) < 4.78 is 24.2. The van der Waals surface area contributed by atoms with Crippen LogP contribution in [0.1, 0.15) is 6.92 Å². The molecule has 0 aromatic carbocycles. The number of nitrogens with one attached hydrogen (secondary N) is 2. The predicted octanol–water partition coefficient (Wildman–Crippen LogP) is -2.41. The summed E-state index contributed by atoms with van der Waals surface area (Å²) in [7, 11) is -1.98. The quantitative estimate of drug-likeness (QED) is 0.594. The first-order chi connectivity index (χ1) is 10.1. The van der Waals surface area contributed by atoms with Crippen LogP contribution < -0.4 is 10.0 Å². The first kappa shape index (κ1) is 18.4. The maximum absolute atomic E-state index is 12.1. The molecule has 1 heterocycles. The number of sulfonamides is 1. The number of nitrogens with zero attached hydrogens (tertiary/aromatic N) is 2. The molecular formula is C12H22N4O5S. The summed E-state index contributed by atoms with van der Waals surface area (Å²) in [5.74, 6) is -1.40. The molecule has 1 atom stereocenters. The average Bonchev–Trinajstić information content (AvgIpc) is 2.66. The molecule has 1 unspecified atom stereocenters. The Labute approximate surface area is 130 Å². The molecule has 0 radical (unpaired) electrons. The maximum atomic E-state index is 12.1. The summed E-state index contributed by atoms with van der Waals surface area (Å²) in [6.07, 6.45) is 0.966. The molecule has 0 saturated carbocycles. The molecule has 126 valence electrons. The van der Waals surface area contributed by atoms with Crippen LogP contribution in [0.5, 0.6) is 0 Å². The fourth-order valence-electron chi connectivity index (χ4n) is 2.20. The topological polar surface area (TPSA) is 116 Å². The maximum Gasteiger partial charge on any atom is 0.237 e. The van der Waals surface area contributed by atoms with E-state index in [9.17, 15) is 22.8 Å². The predicted molar refractivity (Wildman–Crippen MR) is 79.2 cm³/mol. The fraction of sp³-hybridized carbons (Fsp3) is 0.750. The first-order valence-electron chi connectivity index (χ1n) is 6.83. The van der Waals surface area contributed by atoms with Gasteiger partial charge in [0.05, 0.1) is 18.7 Å². The van der Waals surface area contributed by atoms with Crippen molar-refractivity contribution in [1.29, 1.82) is 0 Å². The van der Waals surface area contributed by atoms with E-state index in [2.05, 4.69) is 10.0 Å². The molecule has 0 aliphatic carbocycles. The zero-order valence-corrected chi connectivity index (χ0v) is 13.8. The summed E-state index contributed by atoms with van der Waals surface area (Å²) in [5, 5.41) is 2.51. The van der Waals surface area contributed by atoms with Crippen LogP contribution >= 0.6 is 0 Å². The summed E-state index contributed by atoms with van der Waals surface area (Å²) in [4.78, 5) is 38.4. The van der Waals surface area contributed by atoms with Gasteiger partial charge < -0.3 is 15.1 Å². The van der Waals surface area contributed by atoms with Gasteiger partial charge in [0.1, 0.15) is 0 Å². The van der Waals surface area contributed by atoms with E-state index in [1.807, 2.05) is 0 Å². The molecule has 10 heteroatoms. The van der Waals surface area contributed by atoms with Crippen molar-refractivity contribution in [1.82, 2.24) is 19.8 Å². The number of hydrogen-bond donors (Lipinski definition) is 2. The molecule has 1 aliphatic rings. The Morgan fingerprint density at radius 3 is 2.18 bits per heavy atom. The second-order valence-corrected chi connectivity index (χ2v) is 7.04. The fourth-order valence-corrected chi connectivity index (χ4v) is 2.59. The van der Waals surface area contributed by atoms with Crippen LogP contribution in [0.25, 0.3) is 0 Å². The normalized spacial score (nSPS) is 19.5. The Morgan fingerprint density at radius 1 is 1.14 bits per heavy atom. The lowest BCUT2D eigenvalue weighted by Gasteiger charge is -2.23. The molecule has 1 saturated heterocycles. The summed E-state index contributed by atoms with van der Waals surface area (Å²) >= 11 is 0. The van der Waals surface area contributed by atoms with E-state index in [0.717, 1.165) is 6.26 Å². The third-order valence-corrected chi connectivity index (χ3v) is 4.09. The zero-order valence-electron chi connectivity index (χ0n) is 13.0. The highest BCUT2D eigenvalue weighted by Crippen LogP contribution is 2.10. The standard InChI is InChI=1S/C12H22N4O5S/c1-9(17)15-4-5-16(8-10(7-15)12(19)13-2)11(18)6-14-22(3,20)21/h10,14H,4-8H2,1-3H3,(H,13,19). The average molecular weight is 334 g/mol. The number of carbonyl (C=O) groups is 3. The molecule has 0 spiro atoms. The molecule has 0 aromatic rings. The van der Waals surface area contributed by atoms with Crippen molar-refractivity contribution < 1.29 is 22.8 Å². The van der Waals surface area contributed by atoms with Crippen molar-refractivity contribution in [3.8, 4) is 0 Å². The van der Waals surface area contributed by atoms with E-state index < -0.39 is 21.8 Å². The van der Waals surface area contributed by atoms with Gasteiger partial charge in [0.25, 0.3) is 0 Å². The van der Waals surface area contributed by atoms with Crippen LogP contribution in [0.3, 0.4) is 0 Å². The van der Waals surface area contributed by atoms with Crippen molar-refractivity contribution in [2.75, 3.05) is 46.0 Å². The van der Waals surface area contributed by atoms with Gasteiger partial charge >= 0.3 is 0 Å². The first-order valence-corrected chi connectivity index (χ1v) is 8.72. The molecule has 1 rings (SSSR count). The van der Waals surface area contributed by atoms with Crippen LogP contribution in [0, 0.1) is 5.92 Å². The van der Waals surface area contributed by atoms with Gasteiger partial charge in [0.2, 0.25) is 27.7 Å². The Bertz CT molecular complexity index is 548. The van der Waals surface area contributed by atoms with Crippen LogP contribution in [0.4, 0.5) is 0 Å². The van der Waals surface area contributed by atoms with E-state index in [1.54, 1.807) is 0 Å². The minimum Gasteiger partial charge on any atom is -0.359 e. The second kappa shape index (κ2) is 7.54. The number of rotatable bonds is 4. The molecule has 2 N–H and O–H groups in total. The van der Waals surface area contributed by atoms with E-state index in [0.29, 0.717) is 6.54 Å². The molecule has 0 bridgehead atoms. The van der Waals surface area contributed by atoms with E-state index in [1.165, 1.54) is 23.8 Å². The smallest absolute Gasteiger partial charge is 0.237 e. The van der Waals surface area contributed by atoms with Gasteiger partial charge in [-0.2, -0.15) is 0 Å². The number of hydrogen-bond acceptors (Lipinski definition) is 5. The Kier molecular flexibility index (Phi) is 6.30. The number of amides is 3. The minimum atomic E-state index is -3.47. The third kappa shape index (κ3) is 5.60. The lowest BCUT2D eigenvalue weighted by molar-refractivity contribution is -0.132. The van der Waals surface area contributed by atoms with Crippen LogP contribution in [-0.4, -0.2) is 82.0 Å². The van der Waals surface area contributed by atoms with Gasteiger partial charge in [0.15, 0.2) is 0 Å². The molecule has 1 aliphatic heterocycles. The van der Waals surface area contributed by atoms with Crippen molar-refractivity contribution in [3.63, 3.8) is 0 Å². The highest BCUT2D eigenvalue weighted by molar-refractivity contribution is 7.88. The Hall–Kier alpha value is -1.68. The Morgan fingerprint density at radius 2 is 1.68 bits per heavy atom. The molecule has 9 nitrogen and oxygen atoms in total. The Balaban J connectivity index is 2.80. The summed E-state index contributed by atoms with van der Waals surface area (Å²) in [6, 6.07) is 0. The SMILES string of the molecule is CNC(=O)C1CN(C(C)=O)CCN(C(=O)CNS(C)(=O)=O)C1. The van der Waals surface area contributed by atoms with Crippen LogP contribution in [-0.2, 0) is 24.4 Å². The lowest BCUT2D eigenvalue weighted by Crippen LogP contribution is -2.45. The van der Waals surface area contributed by atoms with Crippen LogP contribution in [0.2, 0.25) is 0 Å². The lowest BCUT2D eigenvalue weighted by atomic mass is 10.1. The molecule has 0 aromatic heterocycles. The third-order valence-electron chi connectivity index (χ3n) is 3.42. The van der Waals surface area contributed by atoms with Gasteiger partial charge in [-0.15, -0.1) is 0 Å². The van der Waals surface area contributed by atoms with E-state index >= 15 is 0 Å². The number of carbonyl (C=O) groups excluding carboxylic acids is 3. The van der Waals surface area contributed by atoms with Gasteiger partial charge in [-0.25, -0.2) is 13.1 Å². The summed E-state index contributed by atoms with van der Waals surface area (Å²) in [6.45, 7) is 2.00. The van der Waals surface area contributed by atoms with Crippen molar-refractivity contribution in [3.05, 3.63) is 0 Å². The monoisotopic (exact) mass is 334 g/mol. The van der Waals surface area contributed by atoms with Gasteiger partial charge in [-0.1, -0.05) is 0 Å². The van der Waals surface area contributed by atoms with Crippen molar-refractivity contribution in [2.45, 2.75) is 6.92 Å². The molecule has 22 heavy (non-hydrogen) atoms. The molecule has 1 fully saturated rings. The highest BCUT2D eigenvalue weighted by atomic mass is 32.2. The van der Waals surface area contributed by atoms with Crippen molar-refractivity contribution >= 4 is 27.7 Å². The van der Waals surface area contributed by atoms with Gasteiger partial charge in [-0.05, 0) is 0 Å². The summed E-state index contributed by atoms with van der Waals surface area (Å²) in [5.41, 5.74) is 0. The van der Waals surface area contributed by atoms with Crippen molar-refractivity contribution in [2.24, 2.45) is 5.92 Å². The largest absolute Gasteiger partial charge is 0.359 e. The minimum absolute atomic E-state index is 0.147. The van der Waals surface area contributed by atoms with Crippen LogP contribution in [0.15, 0.2) is 0 Å². The van der Waals surface area contributed by atoms with E-state index in [4.69, 9.17) is 0 Å². The second-order valence-electron chi connectivity index (χ2n) is 5.21. The highest BCUT2D eigenvalue weighted by Gasteiger charge is 2.30. The van der Waals surface area contributed by atoms with E-state index in [-0.39, 0.29) is 38.0 Å². The molecule has 3 amide bonds. The van der Waals surface area contributed by atoms with Gasteiger partial charge in [-0.3, -0.25) is 14.4 Å². The molecular weight excluding hydrogens is 312 g/mol. The zero-order chi connectivity index (χ0) is 16.9. The van der Waals surface area contributed by atoms with Gasteiger partial charge in [0, 0.05) is 40.2 Å².